The molecule has 6 heteroatoms. The molecule has 1 aromatic heterocycles. The highest BCUT2D eigenvalue weighted by Crippen LogP contribution is 2.14. The van der Waals surface area contributed by atoms with Crippen molar-refractivity contribution in [2.45, 2.75) is 13.0 Å². The van der Waals surface area contributed by atoms with Gasteiger partial charge in [-0.05, 0) is 44.3 Å². The van der Waals surface area contributed by atoms with E-state index in [1.165, 1.54) is 12.1 Å². The summed E-state index contributed by atoms with van der Waals surface area (Å²) in [5, 5.41) is 4.33. The molecule has 1 aliphatic rings. The molecule has 22 heavy (non-hydrogen) atoms. The van der Waals surface area contributed by atoms with Gasteiger partial charge in [-0.15, -0.1) is 0 Å². The number of benzene rings is 1. The first-order valence-electron chi connectivity index (χ1n) is 7.36. The van der Waals surface area contributed by atoms with E-state index in [2.05, 4.69) is 17.0 Å². The number of rotatable bonds is 2. The van der Waals surface area contributed by atoms with Crippen LogP contribution in [0.4, 0.5) is 4.39 Å². The monoisotopic (exact) mass is 302 g/mol. The summed E-state index contributed by atoms with van der Waals surface area (Å²) in [6.07, 6.45) is 1.72. The van der Waals surface area contributed by atoms with Crippen molar-refractivity contribution in [2.75, 3.05) is 26.7 Å². The van der Waals surface area contributed by atoms with Gasteiger partial charge in [0, 0.05) is 31.9 Å². The van der Waals surface area contributed by atoms with Gasteiger partial charge < -0.3 is 9.80 Å². The number of amides is 1. The highest BCUT2D eigenvalue weighted by molar-refractivity contribution is 5.92. The van der Waals surface area contributed by atoms with Crippen LogP contribution in [0.15, 0.2) is 36.5 Å². The molecule has 1 saturated heterocycles. The zero-order valence-electron chi connectivity index (χ0n) is 12.7. The van der Waals surface area contributed by atoms with Crippen LogP contribution in [-0.2, 0) is 0 Å². The van der Waals surface area contributed by atoms with Crippen LogP contribution in [-0.4, -0.2) is 58.2 Å². The fraction of sp³-hybridized carbons (Fsp3) is 0.375. The van der Waals surface area contributed by atoms with Crippen LogP contribution < -0.4 is 0 Å². The molecule has 1 aromatic carbocycles. The highest BCUT2D eigenvalue weighted by atomic mass is 19.1. The Hall–Kier alpha value is -2.21. The maximum absolute atomic E-state index is 13.0. The van der Waals surface area contributed by atoms with Crippen LogP contribution in [0.3, 0.4) is 0 Å². The molecular formula is C16H19FN4O. The summed E-state index contributed by atoms with van der Waals surface area (Å²) < 4.78 is 14.5. The summed E-state index contributed by atoms with van der Waals surface area (Å²) in [6.45, 7) is 4.49. The van der Waals surface area contributed by atoms with Crippen molar-refractivity contribution < 1.29 is 9.18 Å². The fourth-order valence-electron chi connectivity index (χ4n) is 2.76. The lowest BCUT2D eigenvalue weighted by Gasteiger charge is -2.37. The predicted molar refractivity (Wildman–Crippen MR) is 81.5 cm³/mol. The molecule has 1 fully saturated rings. The van der Waals surface area contributed by atoms with Gasteiger partial charge in [-0.3, -0.25) is 4.79 Å². The molecule has 0 radical (unpaired) electrons. The molecule has 5 nitrogen and oxygen atoms in total. The summed E-state index contributed by atoms with van der Waals surface area (Å²) in [4.78, 5) is 16.7. The van der Waals surface area contributed by atoms with Gasteiger partial charge in [-0.2, -0.15) is 5.10 Å². The van der Waals surface area contributed by atoms with E-state index in [0.29, 0.717) is 12.2 Å². The second-order valence-electron chi connectivity index (χ2n) is 5.73. The molecule has 3 rings (SSSR count). The summed E-state index contributed by atoms with van der Waals surface area (Å²) in [6, 6.07) is 7.89. The summed E-state index contributed by atoms with van der Waals surface area (Å²) in [7, 11) is 2.06. The molecule has 1 aliphatic heterocycles. The van der Waals surface area contributed by atoms with Crippen molar-refractivity contribution in [1.82, 2.24) is 19.6 Å². The van der Waals surface area contributed by atoms with Gasteiger partial charge in [-0.25, -0.2) is 9.07 Å². The number of halogens is 1. The van der Waals surface area contributed by atoms with E-state index >= 15 is 0 Å². The maximum Gasteiger partial charge on any atom is 0.274 e. The Balaban J connectivity index is 1.78. The lowest BCUT2D eigenvalue weighted by molar-refractivity contribution is 0.0527. The van der Waals surface area contributed by atoms with Crippen molar-refractivity contribution in [3.05, 3.63) is 48.0 Å². The average molecular weight is 302 g/mol. The van der Waals surface area contributed by atoms with E-state index in [1.54, 1.807) is 29.1 Å². The minimum Gasteiger partial charge on any atom is -0.332 e. The fourth-order valence-corrected chi connectivity index (χ4v) is 2.76. The van der Waals surface area contributed by atoms with E-state index < -0.39 is 0 Å². The van der Waals surface area contributed by atoms with E-state index in [1.807, 2.05) is 11.8 Å². The summed E-state index contributed by atoms with van der Waals surface area (Å²) in [5.41, 5.74) is 1.15. The number of carbonyl (C=O) groups excluding carboxylic acids is 1. The third kappa shape index (κ3) is 2.87. The van der Waals surface area contributed by atoms with Crippen LogP contribution in [0.2, 0.25) is 0 Å². The van der Waals surface area contributed by atoms with Crippen molar-refractivity contribution in [2.24, 2.45) is 0 Å². The molecule has 1 atom stereocenters. The molecule has 2 heterocycles. The van der Waals surface area contributed by atoms with Crippen LogP contribution >= 0.6 is 0 Å². The van der Waals surface area contributed by atoms with Crippen molar-refractivity contribution in [1.29, 1.82) is 0 Å². The van der Waals surface area contributed by atoms with Gasteiger partial charge in [0.2, 0.25) is 0 Å². The zero-order valence-corrected chi connectivity index (χ0v) is 12.7. The second-order valence-corrected chi connectivity index (χ2v) is 5.73. The molecular weight excluding hydrogens is 283 g/mol. The Labute approximate surface area is 128 Å². The normalized spacial score (nSPS) is 19.4. The van der Waals surface area contributed by atoms with E-state index in [-0.39, 0.29) is 17.8 Å². The molecule has 0 unspecified atom stereocenters. The molecule has 0 spiro atoms. The third-order valence-corrected chi connectivity index (χ3v) is 3.99. The average Bonchev–Trinajstić information content (AvgIpc) is 2.97. The first-order chi connectivity index (χ1) is 10.5. The minimum absolute atomic E-state index is 0.0542. The quantitative estimate of drug-likeness (QED) is 0.849. The van der Waals surface area contributed by atoms with Gasteiger partial charge in [0.15, 0.2) is 5.69 Å². The lowest BCUT2D eigenvalue weighted by atomic mass is 10.2. The number of aromatic nitrogens is 2. The van der Waals surface area contributed by atoms with E-state index in [0.717, 1.165) is 18.8 Å². The van der Waals surface area contributed by atoms with E-state index in [9.17, 15) is 9.18 Å². The Morgan fingerprint density at radius 3 is 2.64 bits per heavy atom. The predicted octanol–water partition coefficient (Wildman–Crippen LogP) is 1.79. The van der Waals surface area contributed by atoms with Crippen molar-refractivity contribution in [3.63, 3.8) is 0 Å². The smallest absolute Gasteiger partial charge is 0.274 e. The Bertz CT molecular complexity index is 667. The summed E-state index contributed by atoms with van der Waals surface area (Å²) >= 11 is 0. The molecule has 2 aromatic rings. The van der Waals surface area contributed by atoms with Gasteiger partial charge in [0.05, 0.1) is 5.69 Å². The third-order valence-electron chi connectivity index (χ3n) is 3.99. The minimum atomic E-state index is -0.293. The molecule has 0 bridgehead atoms. The Morgan fingerprint density at radius 1 is 1.23 bits per heavy atom. The first kappa shape index (κ1) is 14.7. The van der Waals surface area contributed by atoms with Gasteiger partial charge in [0.25, 0.3) is 5.91 Å². The number of hydrogen-bond donors (Lipinski definition) is 0. The molecule has 116 valence electrons. The second kappa shape index (κ2) is 5.88. The van der Waals surface area contributed by atoms with Crippen molar-refractivity contribution in [3.8, 4) is 5.69 Å². The number of hydrogen-bond acceptors (Lipinski definition) is 3. The largest absolute Gasteiger partial charge is 0.332 e. The van der Waals surface area contributed by atoms with Crippen LogP contribution in [0.1, 0.15) is 17.4 Å². The van der Waals surface area contributed by atoms with Gasteiger partial charge >= 0.3 is 0 Å². The summed E-state index contributed by atoms with van der Waals surface area (Å²) in [5.74, 6) is -0.347. The number of carbonyl (C=O) groups is 1. The number of nitrogens with zero attached hydrogens (tertiary/aromatic N) is 4. The molecule has 1 amide bonds. The SMILES string of the molecule is C[C@H]1CN(C)CCN1C(=O)c1ccn(-c2ccc(F)cc2)n1. The van der Waals surface area contributed by atoms with Crippen molar-refractivity contribution >= 4 is 5.91 Å². The van der Waals surface area contributed by atoms with Crippen LogP contribution in [0.5, 0.6) is 0 Å². The highest BCUT2D eigenvalue weighted by Gasteiger charge is 2.27. The standard InChI is InChI=1S/C16H19FN4O/c1-12-11-19(2)9-10-20(12)16(22)15-7-8-21(18-15)14-5-3-13(17)4-6-14/h3-8,12H,9-11H2,1-2H3/t12-/m0/s1. The van der Waals surface area contributed by atoms with E-state index in [4.69, 9.17) is 0 Å². The van der Waals surface area contributed by atoms with Gasteiger partial charge in [-0.1, -0.05) is 0 Å². The topological polar surface area (TPSA) is 41.4 Å². The number of likely N-dealkylation sites (N-methyl/N-ethyl adjacent to an activating group) is 1. The Morgan fingerprint density at radius 2 is 1.95 bits per heavy atom. The number of piperazine rings is 1. The van der Waals surface area contributed by atoms with Crippen LogP contribution in [0, 0.1) is 5.82 Å². The molecule has 0 saturated carbocycles. The Kier molecular flexibility index (Phi) is 3.94. The molecule has 0 aliphatic carbocycles. The molecule has 0 N–H and O–H groups in total. The zero-order chi connectivity index (χ0) is 15.7. The first-order valence-corrected chi connectivity index (χ1v) is 7.36. The van der Waals surface area contributed by atoms with Gasteiger partial charge in [0.1, 0.15) is 5.82 Å². The lowest BCUT2D eigenvalue weighted by Crippen LogP contribution is -2.52. The maximum atomic E-state index is 13.0. The van der Waals surface area contributed by atoms with Crippen LogP contribution in [0.25, 0.3) is 5.69 Å².